The van der Waals surface area contributed by atoms with Crippen molar-refractivity contribution in [2.45, 2.75) is 44.9 Å². The van der Waals surface area contributed by atoms with Gasteiger partial charge in [-0.15, -0.1) is 11.3 Å². The van der Waals surface area contributed by atoms with Crippen molar-refractivity contribution in [3.8, 4) is 0 Å². The number of amides is 2. The van der Waals surface area contributed by atoms with Gasteiger partial charge in [0.25, 0.3) is 5.91 Å². The molecule has 2 heterocycles. The highest BCUT2D eigenvalue weighted by atomic mass is 32.1. The highest BCUT2D eigenvalue weighted by Crippen LogP contribution is 2.28. The summed E-state index contributed by atoms with van der Waals surface area (Å²) in [4.78, 5) is 30.1. The second-order valence-corrected chi connectivity index (χ2v) is 7.12. The first-order valence-corrected chi connectivity index (χ1v) is 9.13. The molecule has 0 spiro atoms. The maximum absolute atomic E-state index is 12.2. The highest BCUT2D eigenvalue weighted by Gasteiger charge is 2.16. The van der Waals surface area contributed by atoms with Gasteiger partial charge in [0.05, 0.1) is 4.88 Å². The van der Waals surface area contributed by atoms with Crippen molar-refractivity contribution in [1.82, 2.24) is 15.8 Å². The van der Waals surface area contributed by atoms with E-state index in [0.717, 1.165) is 18.4 Å². The van der Waals surface area contributed by atoms with E-state index in [1.165, 1.54) is 29.7 Å². The van der Waals surface area contributed by atoms with Crippen molar-refractivity contribution >= 4 is 23.2 Å². The molecule has 0 saturated carbocycles. The lowest BCUT2D eigenvalue weighted by Crippen LogP contribution is -2.41. The molecule has 1 aliphatic rings. The second-order valence-electron chi connectivity index (χ2n) is 5.98. The van der Waals surface area contributed by atoms with E-state index >= 15 is 0 Å². The van der Waals surface area contributed by atoms with Gasteiger partial charge in [-0.05, 0) is 55.4 Å². The van der Waals surface area contributed by atoms with Crippen LogP contribution in [-0.4, -0.2) is 16.8 Å². The van der Waals surface area contributed by atoms with Crippen molar-refractivity contribution in [3.63, 3.8) is 0 Å². The van der Waals surface area contributed by atoms with Crippen LogP contribution in [0.25, 0.3) is 0 Å². The Hall–Kier alpha value is -2.21. The predicted octanol–water partition coefficient (Wildman–Crippen LogP) is 2.81. The largest absolute Gasteiger partial charge is 0.279 e. The highest BCUT2D eigenvalue weighted by molar-refractivity contribution is 7.14. The van der Waals surface area contributed by atoms with Gasteiger partial charge in [0.15, 0.2) is 0 Å². The number of aromatic nitrogens is 1. The number of carbonyl (C=O) groups excluding carboxylic acids is 2. The Kier molecular flexibility index (Phi) is 5.59. The SMILES string of the molecule is O=C(CCc1cccnc1)NNC(=O)c1cc2c(s1)CCCCC2. The fourth-order valence-electron chi connectivity index (χ4n) is 2.83. The molecule has 0 saturated heterocycles. The van der Waals surface area contributed by atoms with Crippen LogP contribution in [-0.2, 0) is 24.1 Å². The molecule has 2 N–H and O–H groups in total. The maximum atomic E-state index is 12.2. The molecule has 1 aliphatic carbocycles. The molecule has 0 radical (unpaired) electrons. The molecule has 0 bridgehead atoms. The van der Waals surface area contributed by atoms with Crippen molar-refractivity contribution < 1.29 is 9.59 Å². The van der Waals surface area contributed by atoms with Gasteiger partial charge in [-0.25, -0.2) is 0 Å². The number of fused-ring (bicyclic) bond motifs is 1. The minimum Gasteiger partial charge on any atom is -0.273 e. The fourth-order valence-corrected chi connectivity index (χ4v) is 3.98. The minimum atomic E-state index is -0.234. The van der Waals surface area contributed by atoms with Gasteiger partial charge in [0, 0.05) is 23.7 Å². The van der Waals surface area contributed by atoms with E-state index in [9.17, 15) is 9.59 Å². The van der Waals surface area contributed by atoms with Crippen LogP contribution in [0.1, 0.15) is 51.4 Å². The standard InChI is InChI=1S/C18H21N3O2S/c22-17(9-8-13-5-4-10-19-12-13)20-21-18(23)16-11-14-6-2-1-3-7-15(14)24-16/h4-5,10-12H,1-3,6-9H2,(H,20,22)(H,21,23). The van der Waals surface area contributed by atoms with Gasteiger partial charge in [0.1, 0.15) is 0 Å². The second kappa shape index (κ2) is 8.06. The molecule has 0 fully saturated rings. The summed E-state index contributed by atoms with van der Waals surface area (Å²) in [5, 5.41) is 0. The average molecular weight is 343 g/mol. The molecule has 2 aromatic rings. The summed E-state index contributed by atoms with van der Waals surface area (Å²) in [5.74, 6) is -0.437. The van der Waals surface area contributed by atoms with Crippen LogP contribution in [0.15, 0.2) is 30.6 Å². The third-order valence-electron chi connectivity index (χ3n) is 4.15. The first-order chi connectivity index (χ1) is 11.7. The number of hydrazine groups is 1. The molecule has 3 rings (SSSR count). The minimum absolute atomic E-state index is 0.203. The van der Waals surface area contributed by atoms with Crippen LogP contribution in [0, 0.1) is 0 Å². The number of carbonyl (C=O) groups is 2. The third kappa shape index (κ3) is 4.41. The van der Waals surface area contributed by atoms with E-state index in [1.54, 1.807) is 23.7 Å². The lowest BCUT2D eigenvalue weighted by molar-refractivity contribution is -0.121. The molecule has 0 aromatic carbocycles. The van der Waals surface area contributed by atoms with E-state index < -0.39 is 0 Å². The fraction of sp³-hybridized carbons (Fsp3) is 0.389. The number of nitrogens with zero attached hydrogens (tertiary/aromatic N) is 1. The lowest BCUT2D eigenvalue weighted by atomic mass is 10.1. The van der Waals surface area contributed by atoms with E-state index in [2.05, 4.69) is 15.8 Å². The number of nitrogens with one attached hydrogen (secondary N) is 2. The Morgan fingerprint density at radius 3 is 2.88 bits per heavy atom. The van der Waals surface area contributed by atoms with E-state index in [4.69, 9.17) is 0 Å². The van der Waals surface area contributed by atoms with Crippen molar-refractivity contribution in [1.29, 1.82) is 0 Å². The summed E-state index contributed by atoms with van der Waals surface area (Å²) < 4.78 is 0. The lowest BCUT2D eigenvalue weighted by Gasteiger charge is -2.06. The number of hydrogen-bond donors (Lipinski definition) is 2. The normalized spacial score (nSPS) is 13.7. The Morgan fingerprint density at radius 2 is 2.04 bits per heavy atom. The van der Waals surface area contributed by atoms with E-state index in [-0.39, 0.29) is 11.8 Å². The molecule has 126 valence electrons. The van der Waals surface area contributed by atoms with Crippen molar-refractivity contribution in [2.75, 3.05) is 0 Å². The monoisotopic (exact) mass is 343 g/mol. The van der Waals surface area contributed by atoms with Crippen molar-refractivity contribution in [2.24, 2.45) is 0 Å². The summed E-state index contributed by atoms with van der Waals surface area (Å²) >= 11 is 1.55. The molecule has 5 nitrogen and oxygen atoms in total. The van der Waals surface area contributed by atoms with Crippen LogP contribution < -0.4 is 10.9 Å². The van der Waals surface area contributed by atoms with Gasteiger partial charge < -0.3 is 0 Å². The summed E-state index contributed by atoms with van der Waals surface area (Å²) in [7, 11) is 0. The number of hydrogen-bond acceptors (Lipinski definition) is 4. The Balaban J connectivity index is 1.47. The molecular weight excluding hydrogens is 322 g/mol. The molecule has 2 aromatic heterocycles. The molecule has 0 atom stereocenters. The summed E-state index contributed by atoms with van der Waals surface area (Å²) in [6.07, 6.45) is 10.1. The zero-order chi connectivity index (χ0) is 16.8. The van der Waals surface area contributed by atoms with E-state index in [1.807, 2.05) is 18.2 Å². The number of thiophene rings is 1. The van der Waals surface area contributed by atoms with Gasteiger partial charge in [0.2, 0.25) is 5.91 Å². The van der Waals surface area contributed by atoms with Crippen LogP contribution >= 0.6 is 11.3 Å². The Bertz CT molecular complexity index is 689. The number of pyridine rings is 1. The predicted molar refractivity (Wildman–Crippen MR) is 93.7 cm³/mol. The molecule has 0 aliphatic heterocycles. The Labute approximate surface area is 145 Å². The summed E-state index contributed by atoms with van der Waals surface area (Å²) in [6, 6.07) is 5.75. The Morgan fingerprint density at radius 1 is 1.17 bits per heavy atom. The third-order valence-corrected chi connectivity index (χ3v) is 5.39. The molecular formula is C18H21N3O2S. The van der Waals surface area contributed by atoms with Gasteiger partial charge in [-0.3, -0.25) is 25.4 Å². The van der Waals surface area contributed by atoms with Crippen LogP contribution in [0.5, 0.6) is 0 Å². The van der Waals surface area contributed by atoms with Crippen LogP contribution in [0.3, 0.4) is 0 Å². The quantitative estimate of drug-likeness (QED) is 0.662. The molecule has 6 heteroatoms. The number of rotatable bonds is 4. The van der Waals surface area contributed by atoms with E-state index in [0.29, 0.717) is 17.7 Å². The van der Waals surface area contributed by atoms with Crippen molar-refractivity contribution in [3.05, 3.63) is 51.5 Å². The zero-order valence-electron chi connectivity index (χ0n) is 13.5. The first-order valence-electron chi connectivity index (χ1n) is 8.32. The van der Waals surface area contributed by atoms with Gasteiger partial charge >= 0.3 is 0 Å². The molecule has 2 amide bonds. The first kappa shape index (κ1) is 16.6. The maximum Gasteiger partial charge on any atom is 0.279 e. The molecule has 24 heavy (non-hydrogen) atoms. The smallest absolute Gasteiger partial charge is 0.273 e. The summed E-state index contributed by atoms with van der Waals surface area (Å²) in [5.41, 5.74) is 7.31. The van der Waals surface area contributed by atoms with Crippen LogP contribution in [0.2, 0.25) is 0 Å². The number of aryl methyl sites for hydroxylation is 3. The van der Waals surface area contributed by atoms with Crippen LogP contribution in [0.4, 0.5) is 0 Å². The van der Waals surface area contributed by atoms with Gasteiger partial charge in [-0.1, -0.05) is 12.5 Å². The molecule has 0 unspecified atom stereocenters. The zero-order valence-corrected chi connectivity index (χ0v) is 14.3. The average Bonchev–Trinajstić information content (AvgIpc) is 2.89. The van der Waals surface area contributed by atoms with Gasteiger partial charge in [-0.2, -0.15) is 0 Å². The topological polar surface area (TPSA) is 71.1 Å². The summed E-state index contributed by atoms with van der Waals surface area (Å²) in [6.45, 7) is 0.